The van der Waals surface area contributed by atoms with E-state index in [4.69, 9.17) is 4.74 Å². The molecule has 2 atom stereocenters. The van der Waals surface area contributed by atoms with E-state index in [2.05, 4.69) is 0 Å². The molecule has 0 saturated carbocycles. The minimum Gasteiger partial charge on any atom is -0.389 e. The lowest BCUT2D eigenvalue weighted by Crippen LogP contribution is -2.36. The molecule has 0 aliphatic carbocycles. The van der Waals surface area contributed by atoms with E-state index in [-0.39, 0.29) is 18.0 Å². The Bertz CT molecular complexity index is 512. The Morgan fingerprint density at radius 1 is 1.25 bits per heavy atom. The topological polar surface area (TPSA) is 87.1 Å². The number of aliphatic hydroxyl groups excluding tert-OH is 2. The average molecular weight is 303 g/mol. The van der Waals surface area contributed by atoms with Crippen molar-refractivity contribution in [2.45, 2.75) is 24.0 Å². The molecular weight excluding hydrogens is 282 g/mol. The van der Waals surface area contributed by atoms with Gasteiger partial charge in [-0.25, -0.2) is 8.42 Å². The van der Waals surface area contributed by atoms with Gasteiger partial charge in [-0.15, -0.1) is 0 Å². The van der Waals surface area contributed by atoms with Gasteiger partial charge in [0.2, 0.25) is 10.0 Å². The molecule has 1 aromatic carbocycles. The first-order valence-electron chi connectivity index (χ1n) is 6.20. The first-order valence-corrected chi connectivity index (χ1v) is 7.64. The minimum absolute atomic E-state index is 0.0473. The van der Waals surface area contributed by atoms with Crippen LogP contribution in [0, 0.1) is 0 Å². The van der Waals surface area contributed by atoms with Crippen LogP contribution in [-0.4, -0.2) is 56.3 Å². The predicted octanol–water partition coefficient (Wildman–Crippen LogP) is 0.368. The van der Waals surface area contributed by atoms with Gasteiger partial charge in [0, 0.05) is 20.7 Å². The van der Waals surface area contributed by atoms with Crippen molar-refractivity contribution in [3.05, 3.63) is 29.8 Å². The number of rotatable bonds is 7. The van der Waals surface area contributed by atoms with Crippen LogP contribution >= 0.6 is 0 Å². The summed E-state index contributed by atoms with van der Waals surface area (Å²) in [6.45, 7) is 1.63. The maximum atomic E-state index is 12.3. The highest BCUT2D eigenvalue weighted by molar-refractivity contribution is 7.89. The van der Waals surface area contributed by atoms with Gasteiger partial charge < -0.3 is 14.9 Å². The van der Waals surface area contributed by atoms with E-state index < -0.39 is 22.2 Å². The zero-order valence-corrected chi connectivity index (χ0v) is 12.7. The van der Waals surface area contributed by atoms with Gasteiger partial charge in [0.25, 0.3) is 0 Å². The number of benzene rings is 1. The molecule has 0 fully saturated rings. The molecule has 114 valence electrons. The van der Waals surface area contributed by atoms with Gasteiger partial charge in [0.1, 0.15) is 0 Å². The molecule has 1 aromatic rings. The van der Waals surface area contributed by atoms with E-state index in [9.17, 15) is 18.6 Å². The Labute approximate surface area is 119 Å². The van der Waals surface area contributed by atoms with Crippen LogP contribution in [0.25, 0.3) is 0 Å². The van der Waals surface area contributed by atoms with Gasteiger partial charge in [-0.1, -0.05) is 12.1 Å². The third-order valence-electron chi connectivity index (χ3n) is 2.90. The van der Waals surface area contributed by atoms with Crippen molar-refractivity contribution in [2.75, 3.05) is 27.3 Å². The maximum Gasteiger partial charge on any atom is 0.242 e. The van der Waals surface area contributed by atoms with Crippen LogP contribution < -0.4 is 0 Å². The average Bonchev–Trinajstić information content (AvgIpc) is 2.38. The molecule has 6 nitrogen and oxygen atoms in total. The first kappa shape index (κ1) is 17.1. The predicted molar refractivity (Wildman–Crippen MR) is 74.8 cm³/mol. The van der Waals surface area contributed by atoms with Gasteiger partial charge in [-0.2, -0.15) is 4.31 Å². The Balaban J connectivity index is 2.87. The molecule has 0 aromatic heterocycles. The summed E-state index contributed by atoms with van der Waals surface area (Å²) >= 11 is 0. The lowest BCUT2D eigenvalue weighted by atomic mass is 10.1. The molecule has 2 N–H and O–H groups in total. The second kappa shape index (κ2) is 7.14. The van der Waals surface area contributed by atoms with E-state index in [1.165, 1.54) is 26.3 Å². The highest BCUT2D eigenvalue weighted by atomic mass is 32.2. The fourth-order valence-electron chi connectivity index (χ4n) is 1.74. The van der Waals surface area contributed by atoms with Crippen molar-refractivity contribution in [1.29, 1.82) is 0 Å². The van der Waals surface area contributed by atoms with Crippen LogP contribution in [0.1, 0.15) is 18.6 Å². The van der Waals surface area contributed by atoms with Crippen molar-refractivity contribution in [3.63, 3.8) is 0 Å². The molecule has 20 heavy (non-hydrogen) atoms. The van der Waals surface area contributed by atoms with Crippen molar-refractivity contribution in [2.24, 2.45) is 0 Å². The van der Waals surface area contributed by atoms with E-state index >= 15 is 0 Å². The van der Waals surface area contributed by atoms with E-state index in [1.807, 2.05) is 0 Å². The van der Waals surface area contributed by atoms with Gasteiger partial charge in [-0.05, 0) is 24.6 Å². The van der Waals surface area contributed by atoms with Crippen molar-refractivity contribution in [3.8, 4) is 0 Å². The number of hydrogen-bond acceptors (Lipinski definition) is 5. The van der Waals surface area contributed by atoms with Crippen LogP contribution in [-0.2, 0) is 14.8 Å². The van der Waals surface area contributed by atoms with E-state index in [1.54, 1.807) is 19.1 Å². The highest BCUT2D eigenvalue weighted by Gasteiger charge is 2.23. The molecule has 0 amide bonds. The van der Waals surface area contributed by atoms with E-state index in [0.29, 0.717) is 5.56 Å². The first-order chi connectivity index (χ1) is 9.28. The highest BCUT2D eigenvalue weighted by Crippen LogP contribution is 2.18. The third kappa shape index (κ3) is 4.26. The van der Waals surface area contributed by atoms with Crippen molar-refractivity contribution >= 4 is 10.0 Å². The number of likely N-dealkylation sites (N-methyl/N-ethyl adjacent to an activating group) is 1. The van der Waals surface area contributed by atoms with Crippen molar-refractivity contribution in [1.82, 2.24) is 4.31 Å². The Morgan fingerprint density at radius 3 is 2.25 bits per heavy atom. The van der Waals surface area contributed by atoms with Crippen LogP contribution in [0.3, 0.4) is 0 Å². The number of ether oxygens (including phenoxy) is 1. The molecule has 0 spiro atoms. The molecule has 2 unspecified atom stereocenters. The number of methoxy groups -OCH3 is 1. The van der Waals surface area contributed by atoms with Crippen LogP contribution in [0.2, 0.25) is 0 Å². The summed E-state index contributed by atoms with van der Waals surface area (Å²) in [6, 6.07) is 6.02. The van der Waals surface area contributed by atoms with Crippen molar-refractivity contribution < 1.29 is 23.4 Å². The van der Waals surface area contributed by atoms with Gasteiger partial charge in [0.15, 0.2) is 0 Å². The molecule has 7 heteroatoms. The molecule has 0 aliphatic heterocycles. The zero-order chi connectivity index (χ0) is 15.3. The van der Waals surface area contributed by atoms with E-state index in [0.717, 1.165) is 4.31 Å². The molecule has 0 aliphatic rings. The third-order valence-corrected chi connectivity index (χ3v) is 4.74. The second-order valence-electron chi connectivity index (χ2n) is 4.64. The van der Waals surface area contributed by atoms with Crippen LogP contribution in [0.4, 0.5) is 0 Å². The number of nitrogens with zero attached hydrogens (tertiary/aromatic N) is 1. The lowest BCUT2D eigenvalue weighted by Gasteiger charge is -2.20. The monoisotopic (exact) mass is 303 g/mol. The number of hydrogen-bond donors (Lipinski definition) is 2. The Morgan fingerprint density at radius 2 is 1.80 bits per heavy atom. The number of aliphatic hydroxyl groups is 2. The van der Waals surface area contributed by atoms with Gasteiger partial charge >= 0.3 is 0 Å². The summed E-state index contributed by atoms with van der Waals surface area (Å²) in [6.07, 6.45) is -1.52. The summed E-state index contributed by atoms with van der Waals surface area (Å²) in [5, 5.41) is 19.0. The lowest BCUT2D eigenvalue weighted by molar-refractivity contribution is 0.0554. The second-order valence-corrected chi connectivity index (χ2v) is 6.68. The molecule has 0 heterocycles. The van der Waals surface area contributed by atoms with Gasteiger partial charge in [-0.3, -0.25) is 0 Å². The Hall–Kier alpha value is -0.990. The summed E-state index contributed by atoms with van der Waals surface area (Å²) in [4.78, 5) is 0.119. The molecule has 0 radical (unpaired) electrons. The minimum atomic E-state index is -3.66. The molecule has 0 bridgehead atoms. The maximum absolute atomic E-state index is 12.3. The fraction of sp³-hybridized carbons (Fsp3) is 0.538. The molecule has 1 rings (SSSR count). The summed E-state index contributed by atoms with van der Waals surface area (Å²) < 4.78 is 30.4. The largest absolute Gasteiger partial charge is 0.389 e. The summed E-state index contributed by atoms with van der Waals surface area (Å²) in [7, 11) is -0.822. The molecule has 0 saturated heterocycles. The zero-order valence-electron chi connectivity index (χ0n) is 11.9. The number of sulfonamides is 1. The van der Waals surface area contributed by atoms with Crippen LogP contribution in [0.15, 0.2) is 29.2 Å². The quantitative estimate of drug-likeness (QED) is 0.760. The Kier molecular flexibility index (Phi) is 6.09. The van der Waals surface area contributed by atoms with Gasteiger partial charge in [0.05, 0.1) is 23.7 Å². The summed E-state index contributed by atoms with van der Waals surface area (Å²) in [5.41, 5.74) is 0.644. The molecular formula is C13H21NO5S. The normalized spacial score (nSPS) is 15.3. The summed E-state index contributed by atoms with van der Waals surface area (Å²) in [5.74, 6) is 0. The standard InChI is InChI=1S/C13H21NO5S/c1-10(15)11-4-6-13(7-5-11)20(17,18)14(2)8-12(16)9-19-3/h4-7,10,12,15-16H,8-9H2,1-3H3. The smallest absolute Gasteiger partial charge is 0.242 e. The fourth-order valence-corrected chi connectivity index (χ4v) is 2.95. The van der Waals surface area contributed by atoms with Crippen LogP contribution in [0.5, 0.6) is 0 Å². The SMILES string of the molecule is COCC(O)CN(C)S(=O)(=O)c1ccc(C(C)O)cc1.